The van der Waals surface area contributed by atoms with Gasteiger partial charge in [-0.2, -0.15) is 5.26 Å². The molecule has 0 unspecified atom stereocenters. The molecule has 0 aliphatic heterocycles. The van der Waals surface area contributed by atoms with E-state index in [1.807, 2.05) is 36.5 Å². The number of hydrogen-bond donors (Lipinski definition) is 3. The third kappa shape index (κ3) is 3.70. The first kappa shape index (κ1) is 17.7. The number of aromatic hydroxyl groups is 1. The minimum absolute atomic E-state index is 0.107. The van der Waals surface area contributed by atoms with Crippen LogP contribution in [0.25, 0.3) is 21.6 Å². The van der Waals surface area contributed by atoms with Crippen molar-refractivity contribution in [3.05, 3.63) is 64.9 Å². The first-order valence-electron chi connectivity index (χ1n) is 8.49. The monoisotopic (exact) mass is 389 g/mol. The number of thiazole rings is 1. The van der Waals surface area contributed by atoms with E-state index in [4.69, 9.17) is 5.26 Å². The number of carbonyl (C=O) groups excluding carboxylic acids is 1. The summed E-state index contributed by atoms with van der Waals surface area (Å²) in [7, 11) is 0. The van der Waals surface area contributed by atoms with Crippen LogP contribution < -0.4 is 5.32 Å². The number of H-pyrrole nitrogens is 1. The summed E-state index contributed by atoms with van der Waals surface area (Å²) < 4.78 is 0. The van der Waals surface area contributed by atoms with Crippen molar-refractivity contribution in [2.75, 3.05) is 0 Å². The van der Waals surface area contributed by atoms with Gasteiger partial charge in [-0.25, -0.2) is 9.97 Å². The number of amides is 1. The number of nitrogens with zero attached hydrogens (tertiary/aromatic N) is 3. The lowest BCUT2D eigenvalue weighted by Crippen LogP contribution is -2.24. The number of fused-ring (bicyclic) bond motifs is 1. The molecule has 1 amide bonds. The van der Waals surface area contributed by atoms with Gasteiger partial charge in [0.2, 0.25) is 5.91 Å². The summed E-state index contributed by atoms with van der Waals surface area (Å²) in [5, 5.41) is 25.1. The molecule has 7 nitrogen and oxygen atoms in total. The molecule has 4 aromatic rings. The average molecular weight is 389 g/mol. The second-order valence-corrected chi connectivity index (χ2v) is 7.06. The first-order valence-corrected chi connectivity index (χ1v) is 9.37. The zero-order valence-electron chi connectivity index (χ0n) is 14.6. The maximum Gasteiger partial charge on any atom is 0.226 e. The predicted octanol–water partition coefficient (Wildman–Crippen LogP) is 3.12. The largest absolute Gasteiger partial charge is 0.506 e. The highest BCUT2D eigenvalue weighted by molar-refractivity contribution is 7.13. The SMILES string of the molecule is N#Cc1cnc(-c2nc(CC(=O)NCc3ccc4[nH]ccc4c3)cs2)c(O)c1. The number of nitrogens with one attached hydrogen (secondary N) is 2. The molecule has 3 heterocycles. The maximum absolute atomic E-state index is 12.2. The summed E-state index contributed by atoms with van der Waals surface area (Å²) in [6, 6.07) is 11.2. The molecular formula is C20H15N5O2S. The van der Waals surface area contributed by atoms with Gasteiger partial charge in [-0.1, -0.05) is 6.07 Å². The average Bonchev–Trinajstić information content (AvgIpc) is 3.35. The molecule has 28 heavy (non-hydrogen) atoms. The minimum atomic E-state index is -0.136. The lowest BCUT2D eigenvalue weighted by atomic mass is 10.1. The number of benzene rings is 1. The molecule has 0 spiro atoms. The summed E-state index contributed by atoms with van der Waals surface area (Å²) in [6.07, 6.45) is 3.40. The summed E-state index contributed by atoms with van der Waals surface area (Å²) in [5.74, 6) is -0.243. The Morgan fingerprint density at radius 1 is 1.32 bits per heavy atom. The van der Waals surface area contributed by atoms with E-state index >= 15 is 0 Å². The quantitative estimate of drug-likeness (QED) is 0.485. The molecule has 0 saturated heterocycles. The van der Waals surface area contributed by atoms with E-state index in [-0.39, 0.29) is 23.6 Å². The van der Waals surface area contributed by atoms with Crippen LogP contribution in [0.4, 0.5) is 0 Å². The fraction of sp³-hybridized carbons (Fsp3) is 0.100. The molecule has 0 radical (unpaired) electrons. The molecule has 3 aromatic heterocycles. The van der Waals surface area contributed by atoms with Gasteiger partial charge < -0.3 is 15.4 Å². The molecule has 138 valence electrons. The number of hydrogen-bond acceptors (Lipinski definition) is 6. The summed E-state index contributed by atoms with van der Waals surface area (Å²) >= 11 is 1.29. The Bertz CT molecular complexity index is 1200. The van der Waals surface area contributed by atoms with Gasteiger partial charge >= 0.3 is 0 Å². The van der Waals surface area contributed by atoms with Crippen LogP contribution in [-0.2, 0) is 17.8 Å². The Balaban J connectivity index is 1.39. The molecule has 0 saturated carbocycles. The van der Waals surface area contributed by atoms with Crippen molar-refractivity contribution in [3.63, 3.8) is 0 Å². The van der Waals surface area contributed by atoms with Crippen LogP contribution in [0.2, 0.25) is 0 Å². The number of carbonyl (C=O) groups is 1. The molecule has 3 N–H and O–H groups in total. The number of pyridine rings is 1. The van der Waals surface area contributed by atoms with Gasteiger partial charge in [-0.15, -0.1) is 11.3 Å². The second-order valence-electron chi connectivity index (χ2n) is 6.20. The van der Waals surface area contributed by atoms with Gasteiger partial charge in [0.1, 0.15) is 22.5 Å². The van der Waals surface area contributed by atoms with Gasteiger partial charge in [-0.3, -0.25) is 4.79 Å². The van der Waals surface area contributed by atoms with Gasteiger partial charge in [0.25, 0.3) is 0 Å². The third-order valence-corrected chi connectivity index (χ3v) is 5.10. The Morgan fingerprint density at radius 3 is 3.04 bits per heavy atom. The van der Waals surface area contributed by atoms with Gasteiger partial charge in [0, 0.05) is 35.9 Å². The van der Waals surface area contributed by atoms with Crippen molar-refractivity contribution in [2.45, 2.75) is 13.0 Å². The first-order chi connectivity index (χ1) is 13.6. The van der Waals surface area contributed by atoms with Gasteiger partial charge in [0.05, 0.1) is 17.7 Å². The van der Waals surface area contributed by atoms with Crippen molar-refractivity contribution in [2.24, 2.45) is 0 Å². The fourth-order valence-corrected chi connectivity index (χ4v) is 3.64. The summed E-state index contributed by atoms with van der Waals surface area (Å²) in [6.45, 7) is 0.439. The van der Waals surface area contributed by atoms with E-state index in [0.29, 0.717) is 22.9 Å². The van der Waals surface area contributed by atoms with Crippen molar-refractivity contribution >= 4 is 28.1 Å². The van der Waals surface area contributed by atoms with Gasteiger partial charge in [0.15, 0.2) is 0 Å². The van der Waals surface area contributed by atoms with E-state index in [2.05, 4.69) is 20.3 Å². The Morgan fingerprint density at radius 2 is 2.21 bits per heavy atom. The second kappa shape index (κ2) is 7.50. The minimum Gasteiger partial charge on any atom is -0.506 e. The van der Waals surface area contributed by atoms with E-state index in [0.717, 1.165) is 16.5 Å². The van der Waals surface area contributed by atoms with E-state index in [9.17, 15) is 9.90 Å². The lowest BCUT2D eigenvalue weighted by molar-refractivity contribution is -0.120. The highest BCUT2D eigenvalue weighted by Crippen LogP contribution is 2.30. The molecule has 0 atom stereocenters. The molecule has 1 aromatic carbocycles. The smallest absolute Gasteiger partial charge is 0.226 e. The van der Waals surface area contributed by atoms with Crippen LogP contribution in [0.5, 0.6) is 5.75 Å². The fourth-order valence-electron chi connectivity index (χ4n) is 2.82. The zero-order valence-corrected chi connectivity index (χ0v) is 15.5. The Kier molecular flexibility index (Phi) is 4.74. The van der Waals surface area contributed by atoms with Crippen molar-refractivity contribution in [1.82, 2.24) is 20.3 Å². The number of aromatic nitrogens is 3. The Labute approximate surface area is 164 Å². The van der Waals surface area contributed by atoms with Crippen molar-refractivity contribution < 1.29 is 9.90 Å². The molecule has 0 fully saturated rings. The van der Waals surface area contributed by atoms with Crippen molar-refractivity contribution in [1.29, 1.82) is 5.26 Å². The zero-order chi connectivity index (χ0) is 19.5. The highest BCUT2D eigenvalue weighted by atomic mass is 32.1. The van der Waals surface area contributed by atoms with Crippen molar-refractivity contribution in [3.8, 4) is 22.5 Å². The molecule has 0 bridgehead atoms. The Hall–Kier alpha value is -3.70. The normalized spacial score (nSPS) is 10.7. The van der Waals surface area contributed by atoms with Crippen LogP contribution in [0.15, 0.2) is 48.1 Å². The summed E-state index contributed by atoms with van der Waals surface area (Å²) in [4.78, 5) is 23.8. The van der Waals surface area contributed by atoms with Crippen LogP contribution in [0.1, 0.15) is 16.8 Å². The number of rotatable bonds is 5. The molecule has 0 aliphatic carbocycles. The van der Waals surface area contributed by atoms with Crippen LogP contribution in [0.3, 0.4) is 0 Å². The predicted molar refractivity (Wildman–Crippen MR) is 106 cm³/mol. The maximum atomic E-state index is 12.2. The van der Waals surface area contributed by atoms with Crippen LogP contribution in [-0.4, -0.2) is 26.0 Å². The van der Waals surface area contributed by atoms with E-state index in [1.165, 1.54) is 23.6 Å². The highest BCUT2D eigenvalue weighted by Gasteiger charge is 2.13. The standard InChI is InChI=1S/C20H15N5O2S/c21-8-13-6-17(26)19(24-10-13)20-25-15(11-28-20)7-18(27)23-9-12-1-2-16-14(5-12)3-4-22-16/h1-6,10-11,22,26H,7,9H2,(H,23,27). The number of nitriles is 1. The topological polar surface area (TPSA) is 115 Å². The molecule has 4 rings (SSSR count). The van der Waals surface area contributed by atoms with Gasteiger partial charge in [-0.05, 0) is 29.1 Å². The summed E-state index contributed by atoms with van der Waals surface area (Å²) in [5.41, 5.74) is 3.26. The van der Waals surface area contributed by atoms with E-state index in [1.54, 1.807) is 5.38 Å². The van der Waals surface area contributed by atoms with Crippen LogP contribution >= 0.6 is 11.3 Å². The van der Waals surface area contributed by atoms with E-state index < -0.39 is 0 Å². The number of aromatic amines is 1. The third-order valence-electron chi connectivity index (χ3n) is 4.20. The molecular weight excluding hydrogens is 374 g/mol. The lowest BCUT2D eigenvalue weighted by Gasteiger charge is -2.05. The van der Waals surface area contributed by atoms with Crippen LogP contribution in [0, 0.1) is 11.3 Å². The molecule has 8 heteroatoms. The molecule has 0 aliphatic rings.